The van der Waals surface area contributed by atoms with Crippen molar-refractivity contribution >= 4 is 5.97 Å². The van der Waals surface area contributed by atoms with Gasteiger partial charge in [-0.25, -0.2) is 4.79 Å². The number of rotatable bonds is 1. The van der Waals surface area contributed by atoms with Crippen LogP contribution in [0, 0.1) is 0 Å². The highest BCUT2D eigenvalue weighted by atomic mass is 16.5. The Morgan fingerprint density at radius 2 is 2.00 bits per heavy atom. The molecule has 0 radical (unpaired) electrons. The van der Waals surface area contributed by atoms with Gasteiger partial charge in [0, 0.05) is 5.56 Å². The largest absolute Gasteiger partial charge is 0.489 e. The second-order valence-electron chi connectivity index (χ2n) is 4.52. The number of nitrogens with two attached hydrogens (primary N) is 1. The molecule has 0 aliphatic carbocycles. The van der Waals surface area contributed by atoms with Gasteiger partial charge in [-0.2, -0.15) is 0 Å². The molecular weight excluding hydrogens is 242 g/mol. The number of aromatic carboxylic acids is 1. The zero-order valence-corrected chi connectivity index (χ0v) is 10.2. The minimum atomic E-state index is -0.965. The lowest BCUT2D eigenvalue weighted by molar-refractivity contribution is 0.0696. The quantitative estimate of drug-likeness (QED) is 0.820. The van der Waals surface area contributed by atoms with Crippen LogP contribution in [0.25, 0.3) is 0 Å². The molecule has 19 heavy (non-hydrogen) atoms. The van der Waals surface area contributed by atoms with Gasteiger partial charge in [0.25, 0.3) is 0 Å². The Hall–Kier alpha value is -2.33. The molecule has 0 fully saturated rings. The molecule has 1 heterocycles. The fourth-order valence-electron chi connectivity index (χ4n) is 2.35. The van der Waals surface area contributed by atoms with Crippen LogP contribution in [0.5, 0.6) is 5.75 Å². The zero-order chi connectivity index (χ0) is 13.4. The maximum atomic E-state index is 11.0. The average Bonchev–Trinajstić information content (AvgIpc) is 2.57. The number of carboxylic acids is 1. The monoisotopic (exact) mass is 255 g/mol. The molecule has 1 unspecified atom stereocenters. The molecule has 1 atom stereocenters. The molecule has 96 valence electrons. The molecule has 0 aromatic heterocycles. The molecule has 4 nitrogen and oxygen atoms in total. The standard InChI is InChI=1S/C15H13NO3/c16-14-11-4-2-1-3-10(11)8-19-13-6-5-9(15(17)18)7-12(13)14/h1-7,14H,8,16H2,(H,17,18). The summed E-state index contributed by atoms with van der Waals surface area (Å²) in [7, 11) is 0. The Labute approximate surface area is 110 Å². The molecule has 3 N–H and O–H groups in total. The van der Waals surface area contributed by atoms with E-state index in [1.54, 1.807) is 12.1 Å². The van der Waals surface area contributed by atoms with Crippen molar-refractivity contribution in [3.8, 4) is 5.75 Å². The maximum absolute atomic E-state index is 11.0. The lowest BCUT2D eigenvalue weighted by Crippen LogP contribution is -2.13. The second kappa shape index (κ2) is 4.40. The van der Waals surface area contributed by atoms with Crippen molar-refractivity contribution < 1.29 is 14.6 Å². The van der Waals surface area contributed by atoms with Crippen molar-refractivity contribution in [3.05, 3.63) is 64.7 Å². The van der Waals surface area contributed by atoms with Gasteiger partial charge in [-0.1, -0.05) is 24.3 Å². The van der Waals surface area contributed by atoms with Gasteiger partial charge >= 0.3 is 5.97 Å². The van der Waals surface area contributed by atoms with Gasteiger partial charge in [0.1, 0.15) is 12.4 Å². The average molecular weight is 255 g/mol. The van der Waals surface area contributed by atoms with Gasteiger partial charge in [0.05, 0.1) is 11.6 Å². The molecule has 0 bridgehead atoms. The van der Waals surface area contributed by atoms with Gasteiger partial charge in [-0.15, -0.1) is 0 Å². The van der Waals surface area contributed by atoms with E-state index in [2.05, 4.69) is 0 Å². The number of hydrogen-bond acceptors (Lipinski definition) is 3. The first kappa shape index (κ1) is 11.7. The SMILES string of the molecule is NC1c2ccccc2COc2ccc(C(=O)O)cc21. The van der Waals surface area contributed by atoms with E-state index in [0.29, 0.717) is 17.9 Å². The highest BCUT2D eigenvalue weighted by molar-refractivity contribution is 5.88. The summed E-state index contributed by atoms with van der Waals surface area (Å²) in [5, 5.41) is 9.06. The van der Waals surface area contributed by atoms with Crippen LogP contribution in [0.1, 0.15) is 33.1 Å². The van der Waals surface area contributed by atoms with Crippen molar-refractivity contribution in [2.24, 2.45) is 5.73 Å². The zero-order valence-electron chi connectivity index (χ0n) is 10.2. The van der Waals surface area contributed by atoms with E-state index in [9.17, 15) is 4.79 Å². The first-order valence-corrected chi connectivity index (χ1v) is 6.00. The number of fused-ring (bicyclic) bond motifs is 2. The number of hydrogen-bond donors (Lipinski definition) is 2. The van der Waals surface area contributed by atoms with E-state index in [1.807, 2.05) is 24.3 Å². The Morgan fingerprint density at radius 1 is 1.21 bits per heavy atom. The molecule has 2 aromatic rings. The summed E-state index contributed by atoms with van der Waals surface area (Å²) < 4.78 is 5.71. The summed E-state index contributed by atoms with van der Waals surface area (Å²) in [6.45, 7) is 0.448. The lowest BCUT2D eigenvalue weighted by Gasteiger charge is -2.14. The van der Waals surface area contributed by atoms with Crippen LogP contribution in [0.3, 0.4) is 0 Å². The summed E-state index contributed by atoms with van der Waals surface area (Å²) in [6.07, 6.45) is 0. The molecule has 0 amide bonds. The van der Waals surface area contributed by atoms with Crippen molar-refractivity contribution in [2.45, 2.75) is 12.6 Å². The Balaban J connectivity index is 2.15. The van der Waals surface area contributed by atoms with Crippen molar-refractivity contribution in [2.75, 3.05) is 0 Å². The lowest BCUT2D eigenvalue weighted by atomic mass is 9.95. The van der Waals surface area contributed by atoms with E-state index in [1.165, 1.54) is 6.07 Å². The molecule has 1 aliphatic heterocycles. The van der Waals surface area contributed by atoms with Gasteiger partial charge in [-0.05, 0) is 29.3 Å². The summed E-state index contributed by atoms with van der Waals surface area (Å²) in [4.78, 5) is 11.0. The molecule has 0 spiro atoms. The predicted octanol–water partition coefficient (Wildman–Crippen LogP) is 2.33. The van der Waals surface area contributed by atoms with Crippen molar-refractivity contribution in [3.63, 3.8) is 0 Å². The van der Waals surface area contributed by atoms with Gasteiger partial charge in [-0.3, -0.25) is 0 Å². The van der Waals surface area contributed by atoms with Crippen LogP contribution in [0.2, 0.25) is 0 Å². The van der Waals surface area contributed by atoms with Gasteiger partial charge in [0.15, 0.2) is 0 Å². The van der Waals surface area contributed by atoms with E-state index in [-0.39, 0.29) is 11.6 Å². The third kappa shape index (κ3) is 1.96. The fraction of sp³-hybridized carbons (Fsp3) is 0.133. The highest BCUT2D eigenvalue weighted by Crippen LogP contribution is 2.34. The van der Waals surface area contributed by atoms with Crippen LogP contribution < -0.4 is 10.5 Å². The highest BCUT2D eigenvalue weighted by Gasteiger charge is 2.22. The third-order valence-corrected chi connectivity index (χ3v) is 3.37. The summed E-state index contributed by atoms with van der Waals surface area (Å²) >= 11 is 0. The molecule has 2 aromatic carbocycles. The summed E-state index contributed by atoms with van der Waals surface area (Å²) in [5.41, 5.74) is 9.19. The van der Waals surface area contributed by atoms with Gasteiger partial charge in [0.2, 0.25) is 0 Å². The molecule has 0 saturated heterocycles. The second-order valence-corrected chi connectivity index (χ2v) is 4.52. The van der Waals surface area contributed by atoms with Crippen LogP contribution in [-0.2, 0) is 6.61 Å². The topological polar surface area (TPSA) is 72.5 Å². The van der Waals surface area contributed by atoms with Crippen molar-refractivity contribution in [1.29, 1.82) is 0 Å². The van der Waals surface area contributed by atoms with Crippen molar-refractivity contribution in [1.82, 2.24) is 0 Å². The fourth-order valence-corrected chi connectivity index (χ4v) is 2.35. The van der Waals surface area contributed by atoms with E-state index in [0.717, 1.165) is 11.1 Å². The molecule has 4 heteroatoms. The molecule has 0 saturated carbocycles. The molecular formula is C15H13NO3. The van der Waals surface area contributed by atoms with E-state index >= 15 is 0 Å². The minimum absolute atomic E-state index is 0.220. The Kier molecular flexibility index (Phi) is 2.72. The minimum Gasteiger partial charge on any atom is -0.489 e. The van der Waals surface area contributed by atoms with Crippen LogP contribution in [-0.4, -0.2) is 11.1 Å². The van der Waals surface area contributed by atoms with Gasteiger partial charge < -0.3 is 15.6 Å². The first-order valence-electron chi connectivity index (χ1n) is 6.00. The van der Waals surface area contributed by atoms with Crippen LogP contribution in [0.4, 0.5) is 0 Å². The number of carbonyl (C=O) groups is 1. The van der Waals surface area contributed by atoms with Crippen LogP contribution >= 0.6 is 0 Å². The maximum Gasteiger partial charge on any atom is 0.335 e. The summed E-state index contributed by atoms with van der Waals surface area (Å²) in [6, 6.07) is 12.2. The van der Waals surface area contributed by atoms with E-state index in [4.69, 9.17) is 15.6 Å². The van der Waals surface area contributed by atoms with Crippen LogP contribution in [0.15, 0.2) is 42.5 Å². The Morgan fingerprint density at radius 3 is 2.79 bits per heavy atom. The predicted molar refractivity (Wildman–Crippen MR) is 70.2 cm³/mol. The molecule has 3 rings (SSSR count). The smallest absolute Gasteiger partial charge is 0.335 e. The third-order valence-electron chi connectivity index (χ3n) is 3.37. The number of carboxylic acid groups (broad SMARTS) is 1. The normalized spacial score (nSPS) is 16.8. The summed E-state index contributed by atoms with van der Waals surface area (Å²) in [5.74, 6) is -0.318. The Bertz CT molecular complexity index is 652. The number of ether oxygens (including phenoxy) is 1. The van der Waals surface area contributed by atoms with E-state index < -0.39 is 5.97 Å². The first-order chi connectivity index (χ1) is 9.16. The molecule has 1 aliphatic rings. The number of benzene rings is 2.